The summed E-state index contributed by atoms with van der Waals surface area (Å²) < 4.78 is 5.48. The van der Waals surface area contributed by atoms with Gasteiger partial charge in [0.2, 0.25) is 0 Å². The molecule has 0 bridgehead atoms. The second-order valence-electron chi connectivity index (χ2n) is 6.80. The Morgan fingerprint density at radius 2 is 1.59 bits per heavy atom. The number of rotatable bonds is 6. The number of hydrogen-bond acceptors (Lipinski definition) is 5. The molecule has 1 saturated carbocycles. The Morgan fingerprint density at radius 3 is 2.19 bits per heavy atom. The van der Waals surface area contributed by atoms with Crippen molar-refractivity contribution in [1.29, 1.82) is 0 Å². The lowest BCUT2D eigenvalue weighted by atomic mass is 9.91. The van der Waals surface area contributed by atoms with Crippen LogP contribution in [0.3, 0.4) is 0 Å². The van der Waals surface area contributed by atoms with E-state index in [4.69, 9.17) is 9.84 Å². The first-order valence-corrected chi connectivity index (χ1v) is 8.86. The van der Waals surface area contributed by atoms with Gasteiger partial charge in [-0.15, -0.1) is 0 Å². The molecular formula is C21H22O6. The van der Waals surface area contributed by atoms with Crippen molar-refractivity contribution in [3.8, 4) is 11.1 Å². The van der Waals surface area contributed by atoms with Gasteiger partial charge < -0.3 is 20.1 Å². The molecule has 0 spiro atoms. The second-order valence-corrected chi connectivity index (χ2v) is 6.80. The molecule has 1 unspecified atom stereocenters. The normalized spacial score (nSPS) is 24.5. The third-order valence-electron chi connectivity index (χ3n) is 5.10. The number of aliphatic hydroxyl groups excluding tert-OH is 2. The van der Waals surface area contributed by atoms with Crippen LogP contribution in [0.4, 0.5) is 0 Å². The Labute approximate surface area is 157 Å². The van der Waals surface area contributed by atoms with Crippen LogP contribution in [0, 0.1) is 11.8 Å². The van der Waals surface area contributed by atoms with Crippen LogP contribution in [0.2, 0.25) is 0 Å². The summed E-state index contributed by atoms with van der Waals surface area (Å²) in [7, 11) is 0. The van der Waals surface area contributed by atoms with E-state index in [1.54, 1.807) is 12.1 Å². The van der Waals surface area contributed by atoms with Gasteiger partial charge in [0, 0.05) is 24.9 Å². The van der Waals surface area contributed by atoms with Gasteiger partial charge in [-0.2, -0.15) is 0 Å². The van der Waals surface area contributed by atoms with Crippen molar-refractivity contribution >= 4 is 11.9 Å². The second kappa shape index (κ2) is 8.33. The van der Waals surface area contributed by atoms with Crippen molar-refractivity contribution in [2.75, 3.05) is 6.61 Å². The molecule has 0 radical (unpaired) electrons. The predicted molar refractivity (Wildman–Crippen MR) is 98.0 cm³/mol. The Balaban J connectivity index is 1.69. The first-order valence-electron chi connectivity index (χ1n) is 8.86. The molecule has 6 heteroatoms. The van der Waals surface area contributed by atoms with Crippen LogP contribution in [0.5, 0.6) is 0 Å². The number of carbonyl (C=O) groups excluding carboxylic acids is 1. The maximum absolute atomic E-state index is 12.4. The van der Waals surface area contributed by atoms with E-state index >= 15 is 0 Å². The third kappa shape index (κ3) is 4.35. The van der Waals surface area contributed by atoms with Gasteiger partial charge in [-0.3, -0.25) is 4.79 Å². The first kappa shape index (κ1) is 19.1. The van der Waals surface area contributed by atoms with Crippen molar-refractivity contribution in [2.24, 2.45) is 11.8 Å². The summed E-state index contributed by atoms with van der Waals surface area (Å²) >= 11 is 0. The minimum Gasteiger partial charge on any atom is -0.481 e. The molecular weight excluding hydrogens is 348 g/mol. The van der Waals surface area contributed by atoms with E-state index in [1.807, 2.05) is 42.5 Å². The van der Waals surface area contributed by atoms with Crippen molar-refractivity contribution in [3.63, 3.8) is 0 Å². The molecule has 27 heavy (non-hydrogen) atoms. The van der Waals surface area contributed by atoms with E-state index in [0.29, 0.717) is 5.56 Å². The lowest BCUT2D eigenvalue weighted by molar-refractivity contribution is -0.139. The van der Waals surface area contributed by atoms with Crippen molar-refractivity contribution in [3.05, 3.63) is 60.2 Å². The molecule has 2 aromatic rings. The fraction of sp³-hybridized carbons (Fsp3) is 0.333. The van der Waals surface area contributed by atoms with Gasteiger partial charge in [0.15, 0.2) is 0 Å². The van der Waals surface area contributed by atoms with Crippen molar-refractivity contribution in [1.82, 2.24) is 0 Å². The van der Waals surface area contributed by atoms with Gasteiger partial charge >= 0.3 is 11.9 Å². The summed E-state index contributed by atoms with van der Waals surface area (Å²) in [5, 5.41) is 28.6. The molecule has 2 aromatic carbocycles. The molecule has 0 aromatic heterocycles. The van der Waals surface area contributed by atoms with E-state index in [0.717, 1.165) is 11.1 Å². The average Bonchev–Trinajstić information content (AvgIpc) is 2.96. The minimum absolute atomic E-state index is 0.122. The molecule has 1 fully saturated rings. The van der Waals surface area contributed by atoms with Crippen LogP contribution in [-0.2, 0) is 9.53 Å². The monoisotopic (exact) mass is 370 g/mol. The number of hydrogen-bond donors (Lipinski definition) is 3. The summed E-state index contributed by atoms with van der Waals surface area (Å²) in [5.74, 6) is -2.84. The molecule has 142 valence electrons. The number of aliphatic hydroxyl groups is 2. The quantitative estimate of drug-likeness (QED) is 0.674. The number of carboxylic acids is 1. The fourth-order valence-electron chi connectivity index (χ4n) is 3.66. The minimum atomic E-state index is -1.05. The molecule has 1 aliphatic carbocycles. The summed E-state index contributed by atoms with van der Waals surface area (Å²) in [6.45, 7) is -0.347. The van der Waals surface area contributed by atoms with Crippen LogP contribution in [0.15, 0.2) is 54.6 Å². The van der Waals surface area contributed by atoms with Crippen LogP contribution in [-0.4, -0.2) is 46.1 Å². The Kier molecular flexibility index (Phi) is 5.88. The zero-order chi connectivity index (χ0) is 19.4. The summed E-state index contributed by atoms with van der Waals surface area (Å²) in [6.07, 6.45) is -1.78. The molecule has 0 saturated heterocycles. The Bertz CT molecular complexity index is 786. The van der Waals surface area contributed by atoms with Crippen LogP contribution >= 0.6 is 0 Å². The molecule has 4 atom stereocenters. The van der Waals surface area contributed by atoms with Gasteiger partial charge in [0.1, 0.15) is 6.10 Å². The highest BCUT2D eigenvalue weighted by Crippen LogP contribution is 2.37. The summed E-state index contributed by atoms with van der Waals surface area (Å²) in [5.41, 5.74) is 2.37. The summed E-state index contributed by atoms with van der Waals surface area (Å²) in [4.78, 5) is 23.4. The van der Waals surface area contributed by atoms with Crippen LogP contribution in [0.25, 0.3) is 11.1 Å². The van der Waals surface area contributed by atoms with Gasteiger partial charge in [0.05, 0.1) is 18.1 Å². The highest BCUT2D eigenvalue weighted by molar-refractivity contribution is 5.90. The van der Waals surface area contributed by atoms with Gasteiger partial charge in [-0.25, -0.2) is 4.79 Å². The predicted octanol–water partition coefficient (Wildman–Crippen LogP) is 2.34. The molecule has 3 rings (SSSR count). The van der Waals surface area contributed by atoms with E-state index in [9.17, 15) is 19.8 Å². The van der Waals surface area contributed by atoms with Crippen molar-refractivity contribution < 1.29 is 29.6 Å². The lowest BCUT2D eigenvalue weighted by Crippen LogP contribution is -2.30. The molecule has 1 aliphatic rings. The van der Waals surface area contributed by atoms with Gasteiger partial charge in [-0.1, -0.05) is 42.5 Å². The maximum Gasteiger partial charge on any atom is 0.338 e. The Morgan fingerprint density at radius 1 is 0.963 bits per heavy atom. The highest BCUT2D eigenvalue weighted by Gasteiger charge is 2.45. The van der Waals surface area contributed by atoms with E-state index in [-0.39, 0.29) is 19.4 Å². The molecule has 6 nitrogen and oxygen atoms in total. The number of ether oxygens (including phenoxy) is 1. The Hall–Kier alpha value is -2.70. The van der Waals surface area contributed by atoms with E-state index in [1.165, 1.54) is 0 Å². The number of esters is 1. The molecule has 0 aliphatic heterocycles. The number of carboxylic acid groups (broad SMARTS) is 1. The largest absolute Gasteiger partial charge is 0.481 e. The highest BCUT2D eigenvalue weighted by atomic mass is 16.5. The fourth-order valence-corrected chi connectivity index (χ4v) is 3.66. The van der Waals surface area contributed by atoms with Crippen LogP contribution < -0.4 is 0 Å². The van der Waals surface area contributed by atoms with E-state index < -0.39 is 36.0 Å². The SMILES string of the molecule is O=C(O)C[C@@H]1C(CO)[C@H](OC(=O)c2ccc(-c3ccccc3)cc2)C[C@@H]1O. The standard InChI is InChI=1S/C21H22O6/c22-12-17-16(10-20(24)25)18(23)11-19(17)27-21(26)15-8-6-14(7-9-15)13-4-2-1-3-5-13/h1-9,16-19,22-23H,10-12H2,(H,24,25)/t16-,17?,18+,19-/m1/s1. The summed E-state index contributed by atoms with van der Waals surface area (Å²) in [6, 6.07) is 16.7. The first-order chi connectivity index (χ1) is 13.0. The third-order valence-corrected chi connectivity index (χ3v) is 5.10. The van der Waals surface area contributed by atoms with Gasteiger partial charge in [-0.05, 0) is 23.3 Å². The zero-order valence-corrected chi connectivity index (χ0v) is 14.7. The lowest BCUT2D eigenvalue weighted by Gasteiger charge is -2.22. The van der Waals surface area contributed by atoms with Crippen LogP contribution in [0.1, 0.15) is 23.2 Å². The topological polar surface area (TPSA) is 104 Å². The average molecular weight is 370 g/mol. The molecule has 3 N–H and O–H groups in total. The van der Waals surface area contributed by atoms with Crippen molar-refractivity contribution in [2.45, 2.75) is 25.0 Å². The van der Waals surface area contributed by atoms with E-state index in [2.05, 4.69) is 0 Å². The van der Waals surface area contributed by atoms with Gasteiger partial charge in [0.25, 0.3) is 0 Å². The molecule has 0 heterocycles. The zero-order valence-electron chi connectivity index (χ0n) is 14.7. The molecule has 0 amide bonds. The number of aliphatic carboxylic acids is 1. The smallest absolute Gasteiger partial charge is 0.338 e. The maximum atomic E-state index is 12.4. The number of benzene rings is 2. The number of carbonyl (C=O) groups is 2.